The van der Waals surface area contributed by atoms with Crippen LogP contribution in [0.1, 0.15) is 6.92 Å². The molecule has 0 aliphatic carbocycles. The van der Waals surface area contributed by atoms with Crippen molar-refractivity contribution in [3.63, 3.8) is 0 Å². The van der Waals surface area contributed by atoms with Gasteiger partial charge in [0.25, 0.3) is 0 Å². The van der Waals surface area contributed by atoms with Crippen LogP contribution in [-0.4, -0.2) is 49.2 Å². The molecule has 0 aromatic rings. The van der Waals surface area contributed by atoms with Crippen LogP contribution in [0.2, 0.25) is 0 Å². The van der Waals surface area contributed by atoms with E-state index < -0.39 is 5.97 Å². The Morgan fingerprint density at radius 2 is 1.93 bits per heavy atom. The van der Waals surface area contributed by atoms with Crippen LogP contribution in [0.25, 0.3) is 0 Å². The van der Waals surface area contributed by atoms with Crippen LogP contribution in [0.3, 0.4) is 0 Å². The van der Waals surface area contributed by atoms with Crippen molar-refractivity contribution in [2.45, 2.75) is 6.92 Å². The van der Waals surface area contributed by atoms with Crippen LogP contribution in [0.4, 0.5) is 0 Å². The summed E-state index contributed by atoms with van der Waals surface area (Å²) in [7, 11) is 3.87. The molecule has 0 aromatic carbocycles. The third-order valence-electron chi connectivity index (χ3n) is 1.02. The van der Waals surface area contributed by atoms with E-state index >= 15 is 0 Å². The van der Waals surface area contributed by atoms with E-state index in [1.54, 1.807) is 0 Å². The van der Waals surface area contributed by atoms with E-state index in [-0.39, 0.29) is 5.97 Å². The summed E-state index contributed by atoms with van der Waals surface area (Å²) in [5.74, 6) is -1.19. The van der Waals surface area contributed by atoms with Crippen molar-refractivity contribution in [2.24, 2.45) is 0 Å². The largest absolute Gasteiger partial charge is 0.478 e. The highest BCUT2D eigenvalue weighted by atomic mass is 16.5. The Labute approximate surface area is 84.0 Å². The van der Waals surface area contributed by atoms with E-state index in [4.69, 9.17) is 5.11 Å². The molecular weight excluding hydrogens is 186 g/mol. The van der Waals surface area contributed by atoms with E-state index in [0.29, 0.717) is 6.61 Å². The van der Waals surface area contributed by atoms with Gasteiger partial charge in [0.1, 0.15) is 6.61 Å². The Morgan fingerprint density at radius 1 is 1.50 bits per heavy atom. The molecule has 0 aliphatic heterocycles. The van der Waals surface area contributed by atoms with Crippen molar-refractivity contribution in [1.29, 1.82) is 0 Å². The Balaban J connectivity index is 0. The van der Waals surface area contributed by atoms with Gasteiger partial charge in [0.05, 0.1) is 0 Å². The third kappa shape index (κ3) is 22.4. The summed E-state index contributed by atoms with van der Waals surface area (Å²) in [6.45, 7) is 5.65. The lowest BCUT2D eigenvalue weighted by atomic mass is 10.6. The number of carboxylic acid groups (broad SMARTS) is 1. The Bertz CT molecular complexity index is 189. The second-order valence-corrected chi connectivity index (χ2v) is 2.69. The zero-order valence-electron chi connectivity index (χ0n) is 8.82. The van der Waals surface area contributed by atoms with Crippen molar-refractivity contribution < 1.29 is 19.4 Å². The zero-order valence-corrected chi connectivity index (χ0v) is 8.82. The average Bonchev–Trinajstić information content (AvgIpc) is 2.04. The van der Waals surface area contributed by atoms with Gasteiger partial charge < -0.3 is 14.7 Å². The van der Waals surface area contributed by atoms with Gasteiger partial charge in [0.15, 0.2) is 0 Å². The monoisotopic (exact) mass is 203 g/mol. The first kappa shape index (κ1) is 15.1. The molecule has 0 aliphatic rings. The Morgan fingerprint density at radius 3 is 2.14 bits per heavy atom. The van der Waals surface area contributed by atoms with Crippen molar-refractivity contribution in [2.75, 3.05) is 27.2 Å². The van der Waals surface area contributed by atoms with E-state index in [1.165, 1.54) is 6.92 Å². The lowest BCUT2D eigenvalue weighted by Crippen LogP contribution is -2.19. The molecule has 0 atom stereocenters. The highest BCUT2D eigenvalue weighted by Gasteiger charge is 1.92. The number of hydrogen-bond donors (Lipinski definition) is 1. The first-order valence-corrected chi connectivity index (χ1v) is 4.03. The van der Waals surface area contributed by atoms with Gasteiger partial charge in [-0.1, -0.05) is 6.58 Å². The average molecular weight is 203 g/mol. The highest BCUT2D eigenvalue weighted by molar-refractivity contribution is 5.78. The predicted molar refractivity (Wildman–Crippen MR) is 53.0 cm³/mol. The lowest BCUT2D eigenvalue weighted by molar-refractivity contribution is -0.141. The summed E-state index contributed by atoms with van der Waals surface area (Å²) in [6.07, 6.45) is 0.833. The van der Waals surface area contributed by atoms with Crippen LogP contribution in [0.15, 0.2) is 12.7 Å². The molecule has 0 amide bonds. The summed E-state index contributed by atoms with van der Waals surface area (Å²) in [5, 5.41) is 7.60. The number of ether oxygens (including phenoxy) is 1. The molecule has 0 saturated carbocycles. The maximum atomic E-state index is 10.2. The summed E-state index contributed by atoms with van der Waals surface area (Å²) in [4.78, 5) is 21.4. The molecule has 0 bridgehead atoms. The molecule has 82 valence electrons. The third-order valence-corrected chi connectivity index (χ3v) is 1.02. The van der Waals surface area contributed by atoms with E-state index in [0.717, 1.165) is 12.6 Å². The van der Waals surface area contributed by atoms with Gasteiger partial charge in [-0.3, -0.25) is 4.79 Å². The topological polar surface area (TPSA) is 66.8 Å². The number of likely N-dealkylation sites (N-methyl/N-ethyl adjacent to an activating group) is 1. The van der Waals surface area contributed by atoms with Gasteiger partial charge in [-0.2, -0.15) is 0 Å². The van der Waals surface area contributed by atoms with E-state index in [9.17, 15) is 9.59 Å². The maximum absolute atomic E-state index is 10.2. The number of aliphatic carboxylic acids is 1. The van der Waals surface area contributed by atoms with Crippen LogP contribution >= 0.6 is 0 Å². The van der Waals surface area contributed by atoms with Crippen molar-refractivity contribution in [3.05, 3.63) is 12.7 Å². The van der Waals surface area contributed by atoms with Crippen LogP contribution < -0.4 is 0 Å². The lowest BCUT2D eigenvalue weighted by Gasteiger charge is -2.07. The summed E-state index contributed by atoms with van der Waals surface area (Å²) in [5.41, 5.74) is 0. The zero-order chi connectivity index (χ0) is 11.6. The second kappa shape index (κ2) is 9.73. The molecule has 0 fully saturated rings. The minimum absolute atomic E-state index is 0.211. The smallest absolute Gasteiger partial charge is 0.327 e. The quantitative estimate of drug-likeness (QED) is 0.528. The number of rotatable bonds is 4. The number of hydrogen-bond acceptors (Lipinski definition) is 4. The number of esters is 1. The van der Waals surface area contributed by atoms with Gasteiger partial charge >= 0.3 is 11.9 Å². The van der Waals surface area contributed by atoms with Gasteiger partial charge in [-0.25, -0.2) is 4.79 Å². The number of carboxylic acids is 1. The molecule has 0 radical (unpaired) electrons. The Hall–Kier alpha value is -1.36. The second-order valence-electron chi connectivity index (χ2n) is 2.69. The molecule has 0 rings (SSSR count). The van der Waals surface area contributed by atoms with Crippen molar-refractivity contribution >= 4 is 11.9 Å². The number of carbonyl (C=O) groups is 2. The number of carbonyl (C=O) groups excluding carboxylic acids is 1. The predicted octanol–water partition coefficient (Wildman–Crippen LogP) is 0.368. The van der Waals surface area contributed by atoms with Crippen molar-refractivity contribution in [1.82, 2.24) is 4.90 Å². The summed E-state index contributed by atoms with van der Waals surface area (Å²) in [6, 6.07) is 0. The molecule has 0 saturated heterocycles. The summed E-state index contributed by atoms with van der Waals surface area (Å²) >= 11 is 0. The minimum Gasteiger partial charge on any atom is -0.478 e. The fraction of sp³-hybridized carbons (Fsp3) is 0.556. The van der Waals surface area contributed by atoms with Gasteiger partial charge in [0, 0.05) is 19.5 Å². The fourth-order valence-corrected chi connectivity index (χ4v) is 0.372. The van der Waals surface area contributed by atoms with E-state index in [2.05, 4.69) is 11.3 Å². The van der Waals surface area contributed by atoms with Crippen LogP contribution in [0.5, 0.6) is 0 Å². The standard InChI is InChI=1S/C6H13NO2.C3H4O2/c1-6(8)9-5-4-7(2)3;1-2-3(4)5/h4-5H2,1-3H3;2H,1H2,(H,4,5). The van der Waals surface area contributed by atoms with Gasteiger partial charge in [0.2, 0.25) is 0 Å². The molecule has 5 nitrogen and oxygen atoms in total. The van der Waals surface area contributed by atoms with Crippen LogP contribution in [-0.2, 0) is 14.3 Å². The molecule has 14 heavy (non-hydrogen) atoms. The molecule has 0 aromatic heterocycles. The normalized spacial score (nSPS) is 8.57. The molecule has 0 unspecified atom stereocenters. The van der Waals surface area contributed by atoms with Crippen molar-refractivity contribution in [3.8, 4) is 0 Å². The maximum Gasteiger partial charge on any atom is 0.327 e. The fourth-order valence-electron chi connectivity index (χ4n) is 0.372. The first-order valence-electron chi connectivity index (χ1n) is 4.03. The van der Waals surface area contributed by atoms with E-state index in [1.807, 2.05) is 19.0 Å². The molecule has 0 spiro atoms. The molecule has 5 heteroatoms. The molecule has 1 N–H and O–H groups in total. The van der Waals surface area contributed by atoms with Crippen LogP contribution in [0, 0.1) is 0 Å². The van der Waals surface area contributed by atoms with Gasteiger partial charge in [-0.15, -0.1) is 0 Å². The summed E-state index contributed by atoms with van der Waals surface area (Å²) < 4.78 is 4.67. The molecular formula is C9H17NO4. The molecule has 0 heterocycles. The SMILES string of the molecule is C=CC(=O)O.CC(=O)OCCN(C)C. The van der Waals surface area contributed by atoms with Gasteiger partial charge in [-0.05, 0) is 14.1 Å². The minimum atomic E-state index is -0.981. The number of nitrogens with zero attached hydrogens (tertiary/aromatic N) is 1. The Kier molecular flexibility index (Phi) is 10.5. The first-order chi connectivity index (χ1) is 6.40. The highest BCUT2D eigenvalue weighted by Crippen LogP contribution is 1.77.